The van der Waals surface area contributed by atoms with Gasteiger partial charge in [-0.2, -0.15) is 4.98 Å². The van der Waals surface area contributed by atoms with Crippen molar-refractivity contribution in [1.29, 1.82) is 0 Å². The zero-order valence-electron chi connectivity index (χ0n) is 19.6. The molecule has 2 atom stereocenters. The second kappa shape index (κ2) is 11.1. The molecule has 0 aliphatic carbocycles. The summed E-state index contributed by atoms with van der Waals surface area (Å²) in [6.45, 7) is 7.43. The van der Waals surface area contributed by atoms with Crippen LogP contribution >= 0.6 is 0 Å². The van der Waals surface area contributed by atoms with Crippen molar-refractivity contribution < 1.29 is 8.42 Å². The van der Waals surface area contributed by atoms with Gasteiger partial charge in [-0.05, 0) is 44.6 Å². The fraction of sp³-hybridized carbons (Fsp3) is 0.826. The number of piperidine rings is 1. The van der Waals surface area contributed by atoms with Gasteiger partial charge in [-0.25, -0.2) is 17.7 Å². The van der Waals surface area contributed by atoms with E-state index in [1.807, 2.05) is 19.2 Å². The fourth-order valence-corrected chi connectivity index (χ4v) is 6.96. The Morgan fingerprint density at radius 2 is 1.84 bits per heavy atom. The molecule has 0 bridgehead atoms. The van der Waals surface area contributed by atoms with Crippen LogP contribution < -0.4 is 10.2 Å². The Kier molecular flexibility index (Phi) is 8.23. The molecule has 9 heteroatoms. The van der Waals surface area contributed by atoms with Gasteiger partial charge in [0.1, 0.15) is 5.82 Å². The third kappa shape index (κ3) is 6.11. The Morgan fingerprint density at radius 3 is 2.62 bits per heavy atom. The van der Waals surface area contributed by atoms with Crippen LogP contribution in [0.5, 0.6) is 0 Å². The van der Waals surface area contributed by atoms with E-state index in [2.05, 4.69) is 20.1 Å². The van der Waals surface area contributed by atoms with E-state index >= 15 is 0 Å². The number of aromatic nitrogens is 2. The minimum absolute atomic E-state index is 0.283. The minimum atomic E-state index is -3.12. The van der Waals surface area contributed by atoms with Crippen molar-refractivity contribution in [1.82, 2.24) is 19.2 Å². The van der Waals surface area contributed by atoms with Gasteiger partial charge in [0.05, 0.1) is 5.75 Å². The van der Waals surface area contributed by atoms with Gasteiger partial charge in [-0.15, -0.1) is 0 Å². The first-order chi connectivity index (χ1) is 15.5. The average molecular weight is 465 g/mol. The molecular weight excluding hydrogens is 424 g/mol. The molecule has 3 fully saturated rings. The predicted molar refractivity (Wildman–Crippen MR) is 130 cm³/mol. The molecule has 4 heterocycles. The molecule has 0 saturated carbocycles. The summed E-state index contributed by atoms with van der Waals surface area (Å²) in [5, 5.41) is 3.55. The maximum Gasteiger partial charge on any atom is 0.224 e. The Labute approximate surface area is 193 Å². The molecule has 0 radical (unpaired) electrons. The molecule has 8 nitrogen and oxygen atoms in total. The number of rotatable bonds is 8. The van der Waals surface area contributed by atoms with E-state index in [9.17, 15) is 8.42 Å². The zero-order chi connectivity index (χ0) is 22.4. The second-order valence-corrected chi connectivity index (χ2v) is 11.7. The van der Waals surface area contributed by atoms with Gasteiger partial charge in [-0.3, -0.25) is 4.90 Å². The van der Waals surface area contributed by atoms with Crippen LogP contribution in [0.25, 0.3) is 0 Å². The topological polar surface area (TPSA) is 81.7 Å². The number of nitrogens with zero attached hydrogens (tertiary/aromatic N) is 5. The molecule has 0 aromatic carbocycles. The quantitative estimate of drug-likeness (QED) is 0.633. The molecule has 2 unspecified atom stereocenters. The van der Waals surface area contributed by atoms with E-state index < -0.39 is 10.0 Å². The zero-order valence-corrected chi connectivity index (χ0v) is 20.4. The fourth-order valence-electron chi connectivity index (χ4n) is 5.24. The van der Waals surface area contributed by atoms with E-state index in [1.54, 1.807) is 4.31 Å². The van der Waals surface area contributed by atoms with Gasteiger partial charge < -0.3 is 10.2 Å². The van der Waals surface area contributed by atoms with Gasteiger partial charge in [0.15, 0.2) is 0 Å². The van der Waals surface area contributed by atoms with Gasteiger partial charge >= 0.3 is 0 Å². The van der Waals surface area contributed by atoms with Crippen LogP contribution in [-0.2, 0) is 10.0 Å². The van der Waals surface area contributed by atoms with Gasteiger partial charge in [0.25, 0.3) is 0 Å². The Hall–Kier alpha value is -1.45. The van der Waals surface area contributed by atoms with Crippen molar-refractivity contribution in [2.45, 2.75) is 76.8 Å². The van der Waals surface area contributed by atoms with Crippen molar-refractivity contribution in [3.05, 3.63) is 12.3 Å². The highest BCUT2D eigenvalue weighted by atomic mass is 32.2. The smallest absolute Gasteiger partial charge is 0.224 e. The lowest BCUT2D eigenvalue weighted by Gasteiger charge is -2.37. The van der Waals surface area contributed by atoms with Crippen molar-refractivity contribution in [2.75, 3.05) is 55.2 Å². The summed E-state index contributed by atoms with van der Waals surface area (Å²) in [6.07, 6.45) is 11.7. The molecule has 0 spiro atoms. The van der Waals surface area contributed by atoms with Crippen molar-refractivity contribution >= 4 is 21.8 Å². The van der Waals surface area contributed by atoms with Crippen LogP contribution in [0.3, 0.4) is 0 Å². The SMILES string of the molecule is CCCCS(=O)(=O)N1CCCC(N2CCC(Nc3nccc(N4CCCCCC4)n3)C2)C1. The number of nitrogens with one attached hydrogen (secondary N) is 1. The monoisotopic (exact) mass is 464 g/mol. The highest BCUT2D eigenvalue weighted by Gasteiger charge is 2.34. The largest absolute Gasteiger partial charge is 0.356 e. The summed E-state index contributed by atoms with van der Waals surface area (Å²) >= 11 is 0. The molecule has 32 heavy (non-hydrogen) atoms. The summed E-state index contributed by atoms with van der Waals surface area (Å²) in [5.41, 5.74) is 0. The first kappa shape index (κ1) is 23.7. The predicted octanol–water partition coefficient (Wildman–Crippen LogP) is 2.94. The van der Waals surface area contributed by atoms with E-state index in [-0.39, 0.29) is 5.75 Å². The van der Waals surface area contributed by atoms with E-state index in [4.69, 9.17) is 4.98 Å². The number of unbranched alkanes of at least 4 members (excludes halogenated alkanes) is 1. The minimum Gasteiger partial charge on any atom is -0.356 e. The highest BCUT2D eigenvalue weighted by molar-refractivity contribution is 7.89. The standard InChI is InChI=1S/C23H40N6O2S/c1-2-3-17-32(30,31)29-15-8-9-21(19-29)28-16-11-20(18-28)25-23-24-12-10-22(26-23)27-13-6-4-5-7-14-27/h10,12,20-21H,2-9,11,13-19H2,1H3,(H,24,25,26). The maximum absolute atomic E-state index is 12.7. The Bertz CT molecular complexity index is 828. The third-order valence-corrected chi connectivity index (χ3v) is 9.07. The summed E-state index contributed by atoms with van der Waals surface area (Å²) in [7, 11) is -3.12. The van der Waals surface area contributed by atoms with Crippen LogP contribution in [-0.4, -0.2) is 84.7 Å². The van der Waals surface area contributed by atoms with Crippen LogP contribution in [0.1, 0.15) is 64.7 Å². The summed E-state index contributed by atoms with van der Waals surface area (Å²) < 4.78 is 27.1. The molecular formula is C23H40N6O2S. The Morgan fingerprint density at radius 1 is 1.03 bits per heavy atom. The maximum atomic E-state index is 12.7. The van der Waals surface area contributed by atoms with Crippen LogP contribution in [0, 0.1) is 0 Å². The lowest BCUT2D eigenvalue weighted by atomic mass is 10.1. The average Bonchev–Trinajstić information content (AvgIpc) is 3.10. The number of sulfonamides is 1. The highest BCUT2D eigenvalue weighted by Crippen LogP contribution is 2.25. The van der Waals surface area contributed by atoms with Crippen molar-refractivity contribution in [2.24, 2.45) is 0 Å². The molecule has 1 aromatic heterocycles. The number of likely N-dealkylation sites (tertiary alicyclic amines) is 1. The number of hydrogen-bond acceptors (Lipinski definition) is 7. The van der Waals surface area contributed by atoms with Crippen LogP contribution in [0.15, 0.2) is 12.3 Å². The molecule has 3 saturated heterocycles. The molecule has 0 amide bonds. The lowest BCUT2D eigenvalue weighted by molar-refractivity contribution is 0.161. The van der Waals surface area contributed by atoms with E-state index in [0.29, 0.717) is 31.1 Å². The van der Waals surface area contributed by atoms with Crippen molar-refractivity contribution in [3.63, 3.8) is 0 Å². The lowest BCUT2D eigenvalue weighted by Crippen LogP contribution is -2.50. The summed E-state index contributed by atoms with van der Waals surface area (Å²) in [5.74, 6) is 2.02. The van der Waals surface area contributed by atoms with Crippen LogP contribution in [0.4, 0.5) is 11.8 Å². The third-order valence-electron chi connectivity index (χ3n) is 7.15. The van der Waals surface area contributed by atoms with E-state index in [0.717, 1.165) is 64.1 Å². The first-order valence-electron chi connectivity index (χ1n) is 12.6. The molecule has 1 N–H and O–H groups in total. The normalized spacial score (nSPS) is 26.2. The number of anilines is 2. The van der Waals surface area contributed by atoms with E-state index in [1.165, 1.54) is 25.7 Å². The van der Waals surface area contributed by atoms with Gasteiger partial charge in [0, 0.05) is 57.5 Å². The van der Waals surface area contributed by atoms with Gasteiger partial charge in [-0.1, -0.05) is 26.2 Å². The molecule has 3 aliphatic rings. The molecule has 3 aliphatic heterocycles. The van der Waals surface area contributed by atoms with Crippen LogP contribution in [0.2, 0.25) is 0 Å². The molecule has 4 rings (SSSR count). The summed E-state index contributed by atoms with van der Waals surface area (Å²) in [4.78, 5) is 14.1. The molecule has 1 aromatic rings. The van der Waals surface area contributed by atoms with Crippen molar-refractivity contribution in [3.8, 4) is 0 Å². The second-order valence-electron chi connectivity index (χ2n) is 9.59. The summed E-state index contributed by atoms with van der Waals surface area (Å²) in [6, 6.07) is 2.64. The Balaban J connectivity index is 1.31. The van der Waals surface area contributed by atoms with Gasteiger partial charge in [0.2, 0.25) is 16.0 Å². The first-order valence-corrected chi connectivity index (χ1v) is 14.2. The number of hydrogen-bond donors (Lipinski definition) is 1. The molecule has 180 valence electrons.